The minimum atomic E-state index is -0.688. The molecule has 0 amide bonds. The zero-order valence-corrected chi connectivity index (χ0v) is 23.3. The van der Waals surface area contributed by atoms with E-state index in [4.69, 9.17) is 37.2 Å². The fourth-order valence-corrected chi connectivity index (χ4v) is 6.61. The number of thiophene rings is 1. The molecule has 10 aromatic rings. The summed E-state index contributed by atoms with van der Waals surface area (Å²) in [6, 6.07) is -1.27. The van der Waals surface area contributed by atoms with Gasteiger partial charge in [-0.1, -0.05) is 96.8 Å². The Morgan fingerprint density at radius 1 is 0.600 bits per heavy atom. The Bertz CT molecular complexity index is 3730. The highest BCUT2D eigenvalue weighted by atomic mass is 32.1. The molecule has 210 valence electrons. The van der Waals surface area contributed by atoms with Gasteiger partial charge in [0.2, 0.25) is 5.95 Å². The van der Waals surface area contributed by atoms with Gasteiger partial charge in [-0.3, -0.25) is 4.57 Å². The number of fused-ring (bicyclic) bond motifs is 10. The number of aromatic nitrogens is 4. The van der Waals surface area contributed by atoms with Crippen molar-refractivity contribution in [3.05, 3.63) is 133 Å². The Morgan fingerprint density at radius 3 is 2.27 bits per heavy atom. The van der Waals surface area contributed by atoms with Crippen molar-refractivity contribution < 1.29 is 27.7 Å². The lowest BCUT2D eigenvalue weighted by Crippen LogP contribution is -2.06. The maximum absolute atomic E-state index is 9.47. The van der Waals surface area contributed by atoms with Crippen molar-refractivity contribution in [2.45, 2.75) is 0 Å². The molecule has 0 saturated carbocycles. The number of furan rings is 1. The fourth-order valence-electron chi connectivity index (χ4n) is 5.55. The first kappa shape index (κ1) is 13.4. The monoisotopic (exact) mass is 611 g/mol. The van der Waals surface area contributed by atoms with Crippen molar-refractivity contribution >= 4 is 75.3 Å². The van der Waals surface area contributed by atoms with E-state index in [1.54, 1.807) is 30.3 Å². The average Bonchev–Trinajstić information content (AvgIpc) is 3.97. The predicted octanol–water partition coefficient (Wildman–Crippen LogP) is 10.6. The normalized spacial score (nSPS) is 17.3. The lowest BCUT2D eigenvalue weighted by molar-refractivity contribution is 0.673. The quantitative estimate of drug-likeness (QED) is 0.199. The lowest BCUT2D eigenvalue weighted by Gasteiger charge is -2.11. The molecule has 6 aromatic carbocycles. The van der Waals surface area contributed by atoms with E-state index in [-0.39, 0.29) is 81.1 Å². The second-order valence-electron chi connectivity index (χ2n) is 9.95. The van der Waals surface area contributed by atoms with Gasteiger partial charge in [0.05, 0.1) is 39.7 Å². The van der Waals surface area contributed by atoms with Crippen molar-refractivity contribution in [2.24, 2.45) is 0 Å². The van der Waals surface area contributed by atoms with Gasteiger partial charge in [-0.2, -0.15) is 9.97 Å². The van der Waals surface area contributed by atoms with Gasteiger partial charge in [0.1, 0.15) is 11.2 Å². The van der Waals surface area contributed by atoms with Gasteiger partial charge < -0.3 is 4.42 Å². The minimum Gasteiger partial charge on any atom is -0.455 e. The molecule has 0 unspecified atom stereocenters. The maximum atomic E-state index is 9.47. The van der Waals surface area contributed by atoms with Crippen molar-refractivity contribution in [3.8, 4) is 28.7 Å². The van der Waals surface area contributed by atoms with E-state index in [9.17, 15) is 5.48 Å². The van der Waals surface area contributed by atoms with Gasteiger partial charge in [-0.15, -0.1) is 11.3 Å². The van der Waals surface area contributed by atoms with Crippen LogP contribution in [-0.4, -0.2) is 19.5 Å². The smallest absolute Gasteiger partial charge is 0.238 e. The third-order valence-electron chi connectivity index (χ3n) is 7.48. The highest BCUT2D eigenvalue weighted by Gasteiger charge is 2.22. The van der Waals surface area contributed by atoms with Crippen molar-refractivity contribution in [2.75, 3.05) is 0 Å². The molecule has 45 heavy (non-hydrogen) atoms. The molecule has 4 heterocycles. The number of hydrogen-bond donors (Lipinski definition) is 0. The third kappa shape index (κ3) is 3.57. The molecule has 0 N–H and O–H groups in total. The van der Waals surface area contributed by atoms with E-state index in [1.807, 2.05) is 0 Å². The van der Waals surface area contributed by atoms with Crippen LogP contribution in [0.25, 0.3) is 92.6 Å². The summed E-state index contributed by atoms with van der Waals surface area (Å²) in [6.07, 6.45) is 0. The lowest BCUT2D eigenvalue weighted by atomic mass is 10.1. The molecule has 6 heteroatoms. The molecule has 0 radical (unpaired) electrons. The molecule has 5 nitrogen and oxygen atoms in total. The van der Waals surface area contributed by atoms with E-state index >= 15 is 0 Å². The van der Waals surface area contributed by atoms with Crippen LogP contribution in [0.5, 0.6) is 0 Å². The van der Waals surface area contributed by atoms with Crippen LogP contribution in [0.2, 0.25) is 0 Å². The summed E-state index contributed by atoms with van der Waals surface area (Å²) >= 11 is 0.848. The Labute approximate surface area is 284 Å². The van der Waals surface area contributed by atoms with Crippen LogP contribution < -0.4 is 0 Å². The Kier molecular flexibility index (Phi) is 2.78. The van der Waals surface area contributed by atoms with E-state index < -0.39 is 109 Å². The number of hydrogen-bond acceptors (Lipinski definition) is 5. The Balaban J connectivity index is 1.43. The SMILES string of the molecule is [2H]c1c([2H])c([2H])c2c(oc3c2c([2H])c([2H])c2c3c3c([2H])c([2H])c([2H])c([2H])c3n2-c2nc(-c3ccccc3)nc(-c3c([2H])c([2H])c([2H])c4c3sc3c([2H])c([2H])c([2H])c([2H])c34)n2)c1[2H]. The standard InChI is InChI=1S/C39H22N4OS/c1-2-11-23(12-3-1)37-40-38(29-17-10-16-27-25-14-6-9-20-33(25)45-36(27)29)42-39(41-37)43-30-18-7-4-15-28(30)34-31(43)22-21-26-24-13-5-8-19-32(24)44-35(26)34/h1-22H/i4D,5D,6D,7D,8D,9D,10D,13D,14D,15D,16D,17D,18D,19D,20D,21D,22D. The molecule has 0 bridgehead atoms. The van der Waals surface area contributed by atoms with Crippen molar-refractivity contribution in [3.63, 3.8) is 0 Å². The summed E-state index contributed by atoms with van der Waals surface area (Å²) in [4.78, 5) is 14.2. The topological polar surface area (TPSA) is 56.7 Å². The van der Waals surface area contributed by atoms with Crippen molar-refractivity contribution in [1.82, 2.24) is 19.5 Å². The summed E-state index contributed by atoms with van der Waals surface area (Å²) in [5, 5.41) is -0.853. The van der Waals surface area contributed by atoms with Crippen LogP contribution in [0.4, 0.5) is 0 Å². The maximum Gasteiger partial charge on any atom is 0.238 e. The molecule has 4 aromatic heterocycles. The highest BCUT2D eigenvalue weighted by molar-refractivity contribution is 7.26. The van der Waals surface area contributed by atoms with Gasteiger partial charge in [0.15, 0.2) is 11.6 Å². The number of para-hydroxylation sites is 2. The second kappa shape index (κ2) is 9.32. The largest absolute Gasteiger partial charge is 0.455 e. The Hall–Kier alpha value is -5.85. The molecular formula is C39H22N4OS. The molecule has 0 atom stereocenters. The van der Waals surface area contributed by atoms with Gasteiger partial charge >= 0.3 is 0 Å². The van der Waals surface area contributed by atoms with Gasteiger partial charge in [-0.05, 0) is 36.3 Å². The Morgan fingerprint density at radius 2 is 1.36 bits per heavy atom. The first-order chi connectivity index (χ1) is 29.4. The molecule has 0 spiro atoms. The van der Waals surface area contributed by atoms with Crippen LogP contribution >= 0.6 is 11.3 Å². The molecule has 0 fully saturated rings. The first-order valence-corrected chi connectivity index (χ1v) is 14.3. The number of nitrogens with zero attached hydrogens (tertiary/aromatic N) is 4. The highest BCUT2D eigenvalue weighted by Crippen LogP contribution is 2.42. The van der Waals surface area contributed by atoms with Gasteiger partial charge in [-0.25, -0.2) is 4.98 Å². The predicted molar refractivity (Wildman–Crippen MR) is 185 cm³/mol. The van der Waals surface area contributed by atoms with E-state index in [0.717, 1.165) is 15.9 Å². The number of benzene rings is 6. The molecule has 0 aliphatic rings. The second-order valence-corrected chi connectivity index (χ2v) is 11.0. The molecule has 0 aliphatic heterocycles. The first-order valence-electron chi connectivity index (χ1n) is 22.0. The summed E-state index contributed by atoms with van der Waals surface area (Å²) in [5.41, 5.74) is -0.927. The van der Waals surface area contributed by atoms with E-state index in [0.29, 0.717) is 5.56 Å². The zero-order chi connectivity index (χ0) is 44.3. The third-order valence-corrected chi connectivity index (χ3v) is 8.61. The molecule has 0 saturated heterocycles. The summed E-state index contributed by atoms with van der Waals surface area (Å²) in [7, 11) is 0. The molecule has 0 aliphatic carbocycles. The van der Waals surface area contributed by atoms with E-state index in [2.05, 4.69) is 0 Å². The van der Waals surface area contributed by atoms with Crippen molar-refractivity contribution in [1.29, 1.82) is 0 Å². The fraction of sp³-hybridized carbons (Fsp3) is 0. The molecular weight excluding hydrogens is 573 g/mol. The number of rotatable bonds is 3. The summed E-state index contributed by atoms with van der Waals surface area (Å²) in [6.45, 7) is 0. The molecule has 10 rings (SSSR count). The van der Waals surface area contributed by atoms with Gasteiger partial charge in [0, 0.05) is 47.5 Å². The van der Waals surface area contributed by atoms with Crippen LogP contribution in [-0.2, 0) is 0 Å². The van der Waals surface area contributed by atoms with Crippen LogP contribution in [0, 0.1) is 0 Å². The van der Waals surface area contributed by atoms with E-state index in [1.165, 1.54) is 0 Å². The minimum absolute atomic E-state index is 0.0369. The average molecular weight is 612 g/mol. The van der Waals surface area contributed by atoms with Crippen LogP contribution in [0.3, 0.4) is 0 Å². The van der Waals surface area contributed by atoms with Crippen LogP contribution in [0.15, 0.2) is 137 Å². The van der Waals surface area contributed by atoms with Gasteiger partial charge in [0.25, 0.3) is 0 Å². The van der Waals surface area contributed by atoms with Crippen LogP contribution in [0.1, 0.15) is 23.3 Å². The summed E-state index contributed by atoms with van der Waals surface area (Å²) < 4.78 is 157. The zero-order valence-electron chi connectivity index (χ0n) is 39.5. The summed E-state index contributed by atoms with van der Waals surface area (Å²) in [5.74, 6) is -0.765.